The number of nitrogens with one attached hydrogen (secondary N) is 1. The summed E-state index contributed by atoms with van der Waals surface area (Å²) in [6, 6.07) is 22.0. The van der Waals surface area contributed by atoms with Crippen LogP contribution in [0.5, 0.6) is 5.75 Å². The molecule has 6 heteroatoms. The standard InChI is InChI=1S/C20H18N2O3S/c1-15-14-17(12-13-19(15)23)21-20(16-8-4-2-5-9-16)22-26(24,25)18-10-6-3-7-11-18/h2-14,23H,1H3,(H,21,22). The highest BCUT2D eigenvalue weighted by Gasteiger charge is 2.15. The molecule has 0 radical (unpaired) electrons. The number of anilines is 1. The Hall–Kier alpha value is -3.12. The molecule has 0 saturated carbocycles. The number of aryl methyl sites for hydroxylation is 1. The summed E-state index contributed by atoms with van der Waals surface area (Å²) in [5.74, 6) is 0.380. The summed E-state index contributed by atoms with van der Waals surface area (Å²) in [7, 11) is -3.87. The second kappa shape index (κ2) is 7.41. The lowest BCUT2D eigenvalue weighted by Gasteiger charge is -2.12. The van der Waals surface area contributed by atoms with Gasteiger partial charge in [-0.3, -0.25) is 0 Å². The van der Waals surface area contributed by atoms with Gasteiger partial charge in [0.2, 0.25) is 0 Å². The van der Waals surface area contributed by atoms with E-state index in [-0.39, 0.29) is 16.5 Å². The summed E-state index contributed by atoms with van der Waals surface area (Å²) in [4.78, 5) is 0.122. The molecule has 3 aromatic rings. The third-order valence-electron chi connectivity index (χ3n) is 3.76. The molecule has 0 bridgehead atoms. The molecular formula is C20H18N2O3S. The van der Waals surface area contributed by atoms with Gasteiger partial charge in [-0.2, -0.15) is 8.42 Å². The summed E-state index contributed by atoms with van der Waals surface area (Å²) < 4.78 is 29.3. The number of rotatable bonds is 4. The highest BCUT2D eigenvalue weighted by molar-refractivity contribution is 7.90. The first-order valence-corrected chi connectivity index (χ1v) is 9.42. The third-order valence-corrected chi connectivity index (χ3v) is 5.05. The second-order valence-electron chi connectivity index (χ2n) is 5.72. The molecule has 0 aromatic heterocycles. The smallest absolute Gasteiger partial charge is 0.284 e. The Morgan fingerprint density at radius 2 is 1.54 bits per heavy atom. The molecule has 132 valence electrons. The quantitative estimate of drug-likeness (QED) is 0.416. The summed E-state index contributed by atoms with van der Waals surface area (Å²) in [6.45, 7) is 1.76. The molecule has 0 atom stereocenters. The molecule has 0 saturated heterocycles. The number of phenols is 1. The zero-order chi connectivity index (χ0) is 18.6. The summed E-state index contributed by atoms with van der Waals surface area (Å²) >= 11 is 0. The van der Waals surface area contributed by atoms with Gasteiger partial charge >= 0.3 is 0 Å². The van der Waals surface area contributed by atoms with E-state index in [1.54, 1.807) is 55.5 Å². The Labute approximate surface area is 152 Å². The van der Waals surface area contributed by atoms with Gasteiger partial charge in [-0.15, -0.1) is 4.40 Å². The Morgan fingerprint density at radius 1 is 0.923 bits per heavy atom. The van der Waals surface area contributed by atoms with E-state index in [0.29, 0.717) is 16.8 Å². The minimum absolute atomic E-state index is 0.122. The highest BCUT2D eigenvalue weighted by Crippen LogP contribution is 2.21. The topological polar surface area (TPSA) is 78.8 Å². The van der Waals surface area contributed by atoms with Crippen LogP contribution in [0.1, 0.15) is 11.1 Å². The monoisotopic (exact) mass is 366 g/mol. The molecule has 3 aromatic carbocycles. The lowest BCUT2D eigenvalue weighted by atomic mass is 10.1. The van der Waals surface area contributed by atoms with Crippen LogP contribution in [0.25, 0.3) is 0 Å². The average molecular weight is 366 g/mol. The maximum absolute atomic E-state index is 12.7. The van der Waals surface area contributed by atoms with E-state index in [1.165, 1.54) is 12.1 Å². The number of nitrogens with zero attached hydrogens (tertiary/aromatic N) is 1. The molecule has 0 unspecified atom stereocenters. The normalized spacial score (nSPS) is 12.0. The van der Waals surface area contributed by atoms with Crippen LogP contribution in [0.4, 0.5) is 5.69 Å². The van der Waals surface area contributed by atoms with E-state index >= 15 is 0 Å². The van der Waals surface area contributed by atoms with Crippen LogP contribution < -0.4 is 5.32 Å². The molecule has 0 aliphatic heterocycles. The van der Waals surface area contributed by atoms with Gasteiger partial charge in [0.1, 0.15) is 5.75 Å². The van der Waals surface area contributed by atoms with Crippen molar-refractivity contribution in [3.63, 3.8) is 0 Å². The number of aromatic hydroxyl groups is 1. The van der Waals surface area contributed by atoms with E-state index in [2.05, 4.69) is 9.71 Å². The van der Waals surface area contributed by atoms with Crippen molar-refractivity contribution in [1.29, 1.82) is 0 Å². The van der Waals surface area contributed by atoms with Gasteiger partial charge in [0, 0.05) is 11.3 Å². The predicted octanol–water partition coefficient (Wildman–Crippen LogP) is 3.95. The number of hydrogen-bond donors (Lipinski definition) is 2. The Morgan fingerprint density at radius 3 is 2.15 bits per heavy atom. The van der Waals surface area contributed by atoms with E-state index in [4.69, 9.17) is 0 Å². The van der Waals surface area contributed by atoms with Crippen LogP contribution in [0.2, 0.25) is 0 Å². The number of benzene rings is 3. The van der Waals surface area contributed by atoms with Crippen molar-refractivity contribution in [3.8, 4) is 5.75 Å². The second-order valence-corrected chi connectivity index (χ2v) is 7.32. The number of amidine groups is 1. The summed E-state index contributed by atoms with van der Waals surface area (Å²) in [5, 5.41) is 12.7. The summed E-state index contributed by atoms with van der Waals surface area (Å²) in [5.41, 5.74) is 1.94. The van der Waals surface area contributed by atoms with Gasteiger partial charge in [0.15, 0.2) is 5.84 Å². The molecule has 3 rings (SSSR count). The molecule has 0 fully saturated rings. The molecular weight excluding hydrogens is 348 g/mol. The number of phenolic OH excluding ortho intramolecular Hbond substituents is 1. The van der Waals surface area contributed by atoms with Gasteiger partial charge in [0.05, 0.1) is 4.90 Å². The van der Waals surface area contributed by atoms with Crippen molar-refractivity contribution in [2.75, 3.05) is 5.32 Å². The fourth-order valence-corrected chi connectivity index (χ4v) is 3.38. The van der Waals surface area contributed by atoms with Crippen LogP contribution in [0.3, 0.4) is 0 Å². The molecule has 2 N–H and O–H groups in total. The molecule has 0 aliphatic rings. The van der Waals surface area contributed by atoms with Gasteiger partial charge in [-0.25, -0.2) is 0 Å². The Balaban J connectivity index is 2.05. The lowest BCUT2D eigenvalue weighted by Crippen LogP contribution is -2.16. The van der Waals surface area contributed by atoms with Crippen molar-refractivity contribution in [1.82, 2.24) is 0 Å². The number of sulfonamides is 1. The number of hydrogen-bond acceptors (Lipinski definition) is 3. The van der Waals surface area contributed by atoms with E-state index in [1.807, 2.05) is 18.2 Å². The third kappa shape index (κ3) is 4.10. The zero-order valence-electron chi connectivity index (χ0n) is 14.1. The summed E-state index contributed by atoms with van der Waals surface area (Å²) in [6.07, 6.45) is 0. The largest absolute Gasteiger partial charge is 0.508 e. The maximum atomic E-state index is 12.7. The SMILES string of the molecule is Cc1cc(N/C(=N/S(=O)(=O)c2ccccc2)c2ccccc2)ccc1O. The van der Waals surface area contributed by atoms with Crippen LogP contribution >= 0.6 is 0 Å². The fourth-order valence-electron chi connectivity index (χ4n) is 2.38. The van der Waals surface area contributed by atoms with Crippen LogP contribution in [-0.2, 0) is 10.0 Å². The zero-order valence-corrected chi connectivity index (χ0v) is 14.9. The van der Waals surface area contributed by atoms with E-state index < -0.39 is 10.0 Å². The Bertz CT molecular complexity index is 1030. The molecule has 0 aliphatic carbocycles. The first kappa shape index (κ1) is 17.7. The highest BCUT2D eigenvalue weighted by atomic mass is 32.2. The molecule has 0 heterocycles. The minimum atomic E-state index is -3.87. The van der Waals surface area contributed by atoms with Crippen molar-refractivity contribution < 1.29 is 13.5 Å². The van der Waals surface area contributed by atoms with Crippen molar-refractivity contribution in [2.45, 2.75) is 11.8 Å². The lowest BCUT2D eigenvalue weighted by molar-refractivity contribution is 0.471. The van der Waals surface area contributed by atoms with Crippen LogP contribution in [-0.4, -0.2) is 19.4 Å². The van der Waals surface area contributed by atoms with Gasteiger partial charge in [-0.1, -0.05) is 48.5 Å². The molecule has 5 nitrogen and oxygen atoms in total. The van der Waals surface area contributed by atoms with Gasteiger partial charge in [-0.05, 0) is 42.8 Å². The van der Waals surface area contributed by atoms with E-state index in [9.17, 15) is 13.5 Å². The van der Waals surface area contributed by atoms with Crippen molar-refractivity contribution in [2.24, 2.45) is 4.40 Å². The van der Waals surface area contributed by atoms with Crippen molar-refractivity contribution in [3.05, 3.63) is 90.0 Å². The molecule has 0 spiro atoms. The van der Waals surface area contributed by atoms with Crippen molar-refractivity contribution >= 4 is 21.5 Å². The first-order valence-electron chi connectivity index (χ1n) is 7.98. The predicted molar refractivity (Wildman–Crippen MR) is 103 cm³/mol. The molecule has 0 amide bonds. The minimum Gasteiger partial charge on any atom is -0.508 e. The van der Waals surface area contributed by atoms with Crippen LogP contribution in [0, 0.1) is 6.92 Å². The first-order chi connectivity index (χ1) is 12.5. The van der Waals surface area contributed by atoms with Gasteiger partial charge in [0.25, 0.3) is 10.0 Å². The fraction of sp³-hybridized carbons (Fsp3) is 0.0500. The van der Waals surface area contributed by atoms with Crippen LogP contribution in [0.15, 0.2) is 88.2 Å². The molecule has 26 heavy (non-hydrogen) atoms. The van der Waals surface area contributed by atoms with E-state index in [0.717, 1.165) is 0 Å². The maximum Gasteiger partial charge on any atom is 0.284 e. The Kier molecular flexibility index (Phi) is 5.04. The average Bonchev–Trinajstić information content (AvgIpc) is 2.65. The van der Waals surface area contributed by atoms with Gasteiger partial charge < -0.3 is 10.4 Å².